The topological polar surface area (TPSA) is 84.2 Å². The second kappa shape index (κ2) is 6.45. The maximum atomic E-state index is 12.3. The Morgan fingerprint density at radius 3 is 2.62 bits per heavy atom. The summed E-state index contributed by atoms with van der Waals surface area (Å²) in [4.78, 5) is 23.1. The highest BCUT2D eigenvalue weighted by Crippen LogP contribution is 2.28. The molecule has 0 bridgehead atoms. The molecule has 2 aromatic rings. The molecule has 1 aromatic carbocycles. The third-order valence-corrected chi connectivity index (χ3v) is 4.62. The first-order valence-corrected chi connectivity index (χ1v) is 8.16. The van der Waals surface area contributed by atoms with Gasteiger partial charge in [0.05, 0.1) is 16.6 Å². The number of rotatable bonds is 4. The van der Waals surface area contributed by atoms with Crippen molar-refractivity contribution in [3.8, 4) is 5.69 Å². The van der Waals surface area contributed by atoms with E-state index in [1.807, 2.05) is 6.92 Å². The summed E-state index contributed by atoms with van der Waals surface area (Å²) in [7, 11) is 0. The standard InChI is InChI=1S/C16H15Cl2N3O3/c1-8-4-13(15(22)19-11-5-9(6-11)16(23)24)20-21(8)14-3-2-10(17)7-12(14)18/h2-4,7,9,11H,5-6H2,1H3,(H,19,22)(H,23,24). The number of hydrogen-bond acceptors (Lipinski definition) is 3. The molecule has 0 aliphatic heterocycles. The number of carbonyl (C=O) groups is 2. The van der Waals surface area contributed by atoms with Crippen LogP contribution in [0.2, 0.25) is 10.0 Å². The van der Waals surface area contributed by atoms with E-state index in [4.69, 9.17) is 28.3 Å². The van der Waals surface area contributed by atoms with Crippen molar-refractivity contribution in [2.45, 2.75) is 25.8 Å². The van der Waals surface area contributed by atoms with Crippen molar-refractivity contribution in [3.63, 3.8) is 0 Å². The third kappa shape index (κ3) is 3.25. The molecule has 126 valence electrons. The fourth-order valence-electron chi connectivity index (χ4n) is 2.68. The summed E-state index contributed by atoms with van der Waals surface area (Å²) in [5, 5.41) is 16.9. The highest BCUT2D eigenvalue weighted by Gasteiger charge is 2.35. The molecule has 0 atom stereocenters. The van der Waals surface area contributed by atoms with Crippen LogP contribution in [0.3, 0.4) is 0 Å². The zero-order chi connectivity index (χ0) is 17.4. The summed E-state index contributed by atoms with van der Waals surface area (Å²) in [5.41, 5.74) is 1.64. The molecule has 3 rings (SSSR count). The van der Waals surface area contributed by atoms with Crippen molar-refractivity contribution in [1.82, 2.24) is 15.1 Å². The number of amides is 1. The first kappa shape index (κ1) is 16.8. The van der Waals surface area contributed by atoms with E-state index in [-0.39, 0.29) is 23.6 Å². The van der Waals surface area contributed by atoms with E-state index in [2.05, 4.69) is 10.4 Å². The van der Waals surface area contributed by atoms with Gasteiger partial charge in [-0.15, -0.1) is 0 Å². The predicted octanol–water partition coefficient (Wildman–Crippen LogP) is 3.08. The molecule has 1 heterocycles. The van der Waals surface area contributed by atoms with Gasteiger partial charge in [-0.3, -0.25) is 9.59 Å². The molecular formula is C16H15Cl2N3O3. The monoisotopic (exact) mass is 367 g/mol. The third-order valence-electron chi connectivity index (χ3n) is 4.08. The second-order valence-corrected chi connectivity index (χ2v) is 6.70. The second-order valence-electron chi connectivity index (χ2n) is 5.86. The molecule has 1 fully saturated rings. The lowest BCUT2D eigenvalue weighted by molar-refractivity contribution is -0.145. The van der Waals surface area contributed by atoms with Gasteiger partial charge in [0.2, 0.25) is 0 Å². The van der Waals surface area contributed by atoms with Crippen LogP contribution in [0.25, 0.3) is 5.69 Å². The smallest absolute Gasteiger partial charge is 0.306 e. The van der Waals surface area contributed by atoms with Gasteiger partial charge in [-0.2, -0.15) is 5.10 Å². The zero-order valence-electron chi connectivity index (χ0n) is 12.8. The Labute approximate surface area is 148 Å². The van der Waals surface area contributed by atoms with Crippen LogP contribution in [0.5, 0.6) is 0 Å². The minimum absolute atomic E-state index is 0.122. The first-order chi connectivity index (χ1) is 11.3. The fraction of sp³-hybridized carbons (Fsp3) is 0.312. The van der Waals surface area contributed by atoms with Crippen molar-refractivity contribution in [3.05, 3.63) is 45.7 Å². The molecular weight excluding hydrogens is 353 g/mol. The zero-order valence-corrected chi connectivity index (χ0v) is 14.3. The van der Waals surface area contributed by atoms with Crippen LogP contribution in [-0.4, -0.2) is 32.8 Å². The number of nitrogens with one attached hydrogen (secondary N) is 1. The molecule has 1 saturated carbocycles. The lowest BCUT2D eigenvalue weighted by Crippen LogP contribution is -2.46. The SMILES string of the molecule is Cc1cc(C(=O)NC2CC(C(=O)O)C2)nn1-c1ccc(Cl)cc1Cl. The molecule has 1 aromatic heterocycles. The minimum Gasteiger partial charge on any atom is -0.481 e. The molecule has 1 aliphatic carbocycles. The predicted molar refractivity (Wildman–Crippen MR) is 89.9 cm³/mol. The normalized spacial score (nSPS) is 19.6. The maximum absolute atomic E-state index is 12.3. The van der Waals surface area contributed by atoms with Crippen LogP contribution in [-0.2, 0) is 4.79 Å². The molecule has 1 aliphatic rings. The quantitative estimate of drug-likeness (QED) is 0.869. The van der Waals surface area contributed by atoms with Gasteiger partial charge in [-0.1, -0.05) is 23.2 Å². The fourth-order valence-corrected chi connectivity index (χ4v) is 3.17. The Morgan fingerprint density at radius 2 is 2.00 bits per heavy atom. The van der Waals surface area contributed by atoms with Crippen LogP contribution in [0.4, 0.5) is 0 Å². The highest BCUT2D eigenvalue weighted by molar-refractivity contribution is 6.35. The molecule has 24 heavy (non-hydrogen) atoms. The number of carboxylic acids is 1. The number of aromatic nitrogens is 2. The van der Waals surface area contributed by atoms with Crippen LogP contribution in [0.15, 0.2) is 24.3 Å². The van der Waals surface area contributed by atoms with Crippen LogP contribution in [0.1, 0.15) is 29.0 Å². The molecule has 0 saturated heterocycles. The van der Waals surface area contributed by atoms with Crippen molar-refractivity contribution < 1.29 is 14.7 Å². The molecule has 1 amide bonds. The Balaban J connectivity index is 1.74. The van der Waals surface area contributed by atoms with Gasteiger partial charge in [-0.05, 0) is 44.0 Å². The number of halogens is 2. The average Bonchev–Trinajstić information content (AvgIpc) is 2.84. The van der Waals surface area contributed by atoms with Gasteiger partial charge in [0.25, 0.3) is 5.91 Å². The van der Waals surface area contributed by atoms with Gasteiger partial charge in [0.15, 0.2) is 5.69 Å². The molecule has 8 heteroatoms. The van der Waals surface area contributed by atoms with Crippen molar-refractivity contribution >= 4 is 35.1 Å². The number of aliphatic carboxylic acids is 1. The Hall–Kier alpha value is -2.05. The van der Waals surface area contributed by atoms with Crippen LogP contribution < -0.4 is 5.32 Å². The number of aryl methyl sites for hydroxylation is 1. The average molecular weight is 368 g/mol. The molecule has 0 radical (unpaired) electrons. The van der Waals surface area contributed by atoms with Gasteiger partial charge in [-0.25, -0.2) is 4.68 Å². The first-order valence-electron chi connectivity index (χ1n) is 7.41. The maximum Gasteiger partial charge on any atom is 0.306 e. The number of hydrogen-bond donors (Lipinski definition) is 2. The minimum atomic E-state index is -0.821. The Bertz CT molecular complexity index is 813. The van der Waals surface area contributed by atoms with Gasteiger partial charge >= 0.3 is 5.97 Å². The number of carbonyl (C=O) groups excluding carboxylic acids is 1. The van der Waals surface area contributed by atoms with Crippen LogP contribution in [0, 0.1) is 12.8 Å². The number of benzene rings is 1. The number of nitrogens with zero attached hydrogens (tertiary/aromatic N) is 2. The van der Waals surface area contributed by atoms with E-state index in [0.29, 0.717) is 28.6 Å². The van der Waals surface area contributed by atoms with Crippen molar-refractivity contribution in [1.29, 1.82) is 0 Å². The largest absolute Gasteiger partial charge is 0.481 e. The highest BCUT2D eigenvalue weighted by atomic mass is 35.5. The van der Waals surface area contributed by atoms with Gasteiger partial charge in [0.1, 0.15) is 0 Å². The molecule has 6 nitrogen and oxygen atoms in total. The van der Waals surface area contributed by atoms with E-state index < -0.39 is 5.97 Å². The number of carboxylic acid groups (broad SMARTS) is 1. The van der Waals surface area contributed by atoms with E-state index in [1.54, 1.807) is 28.9 Å². The molecule has 0 spiro atoms. The van der Waals surface area contributed by atoms with Gasteiger partial charge in [0, 0.05) is 16.8 Å². The van der Waals surface area contributed by atoms with E-state index >= 15 is 0 Å². The molecule has 2 N–H and O–H groups in total. The summed E-state index contributed by atoms with van der Waals surface area (Å²) in [5.74, 6) is -1.52. The Morgan fingerprint density at radius 1 is 1.29 bits per heavy atom. The summed E-state index contributed by atoms with van der Waals surface area (Å²) in [6, 6.07) is 6.58. The van der Waals surface area contributed by atoms with Gasteiger partial charge < -0.3 is 10.4 Å². The summed E-state index contributed by atoms with van der Waals surface area (Å²) in [6.45, 7) is 1.82. The lowest BCUT2D eigenvalue weighted by Gasteiger charge is -2.32. The van der Waals surface area contributed by atoms with E-state index in [1.165, 1.54) is 0 Å². The summed E-state index contributed by atoms with van der Waals surface area (Å²) < 4.78 is 1.58. The lowest BCUT2D eigenvalue weighted by atomic mass is 9.80. The van der Waals surface area contributed by atoms with Crippen LogP contribution >= 0.6 is 23.2 Å². The Kier molecular flexibility index (Phi) is 4.51. The van der Waals surface area contributed by atoms with Crippen molar-refractivity contribution in [2.75, 3.05) is 0 Å². The summed E-state index contributed by atoms with van der Waals surface area (Å²) >= 11 is 12.1. The summed E-state index contributed by atoms with van der Waals surface area (Å²) in [6.07, 6.45) is 0.896. The van der Waals surface area contributed by atoms with E-state index in [9.17, 15) is 9.59 Å². The van der Waals surface area contributed by atoms with E-state index in [0.717, 1.165) is 5.69 Å². The van der Waals surface area contributed by atoms with Crippen molar-refractivity contribution in [2.24, 2.45) is 5.92 Å². The molecule has 0 unspecified atom stereocenters.